The summed E-state index contributed by atoms with van der Waals surface area (Å²) in [7, 11) is 3.62. The zero-order valence-corrected chi connectivity index (χ0v) is 10.1. The monoisotopic (exact) mass is 219 g/mol. The molecule has 0 spiro atoms. The second-order valence-corrected chi connectivity index (χ2v) is 4.54. The Bertz CT molecular complexity index is 523. The molecule has 0 bridgehead atoms. The summed E-state index contributed by atoms with van der Waals surface area (Å²) in [6, 6.07) is 5.87. The minimum Gasteiger partial charge on any atom is -0.494 e. The number of nitrogens with zero attached hydrogens (tertiary/aromatic N) is 2. The Morgan fingerprint density at radius 2 is 2.06 bits per heavy atom. The molecule has 0 fully saturated rings. The molecular weight excluding hydrogens is 202 g/mol. The molecule has 0 aliphatic carbocycles. The molecule has 2 N–H and O–H groups in total. The fourth-order valence-electron chi connectivity index (χ4n) is 1.93. The third-order valence-corrected chi connectivity index (χ3v) is 2.67. The maximum absolute atomic E-state index is 6.09. The van der Waals surface area contributed by atoms with Crippen LogP contribution in [-0.4, -0.2) is 16.7 Å². The van der Waals surface area contributed by atoms with Gasteiger partial charge in [-0.15, -0.1) is 0 Å². The molecule has 0 unspecified atom stereocenters. The lowest BCUT2D eigenvalue weighted by Crippen LogP contribution is -2.32. The van der Waals surface area contributed by atoms with E-state index >= 15 is 0 Å². The molecule has 16 heavy (non-hydrogen) atoms. The predicted molar refractivity (Wildman–Crippen MR) is 64.5 cm³/mol. The van der Waals surface area contributed by atoms with Crippen LogP contribution in [0.2, 0.25) is 0 Å². The van der Waals surface area contributed by atoms with Crippen molar-refractivity contribution in [2.75, 3.05) is 7.11 Å². The van der Waals surface area contributed by atoms with E-state index in [1.54, 1.807) is 7.11 Å². The van der Waals surface area contributed by atoms with Crippen molar-refractivity contribution in [1.29, 1.82) is 0 Å². The second-order valence-electron chi connectivity index (χ2n) is 4.54. The quantitative estimate of drug-likeness (QED) is 0.837. The molecule has 2 rings (SSSR count). The zero-order valence-electron chi connectivity index (χ0n) is 10.1. The van der Waals surface area contributed by atoms with Crippen molar-refractivity contribution >= 4 is 11.0 Å². The van der Waals surface area contributed by atoms with Crippen LogP contribution in [0.15, 0.2) is 18.2 Å². The molecule has 0 radical (unpaired) electrons. The van der Waals surface area contributed by atoms with Crippen LogP contribution in [0.4, 0.5) is 0 Å². The predicted octanol–water partition coefficient (Wildman–Crippen LogP) is 1.78. The molecule has 1 aromatic carbocycles. The SMILES string of the molecule is COc1cccc2c1nc(C(C)(C)N)n2C. The molecule has 0 atom stereocenters. The van der Waals surface area contributed by atoms with Gasteiger partial charge in [0.05, 0.1) is 18.2 Å². The molecule has 4 heteroatoms. The van der Waals surface area contributed by atoms with Gasteiger partial charge in [0.1, 0.15) is 17.1 Å². The Balaban J connectivity index is 2.77. The molecule has 0 aliphatic rings. The fourth-order valence-corrected chi connectivity index (χ4v) is 1.93. The van der Waals surface area contributed by atoms with Crippen LogP contribution in [0, 0.1) is 0 Å². The average molecular weight is 219 g/mol. The number of hydrogen-bond donors (Lipinski definition) is 1. The van der Waals surface area contributed by atoms with Crippen molar-refractivity contribution in [1.82, 2.24) is 9.55 Å². The largest absolute Gasteiger partial charge is 0.494 e. The number of para-hydroxylation sites is 1. The van der Waals surface area contributed by atoms with Crippen molar-refractivity contribution < 1.29 is 4.74 Å². The normalized spacial score (nSPS) is 12.1. The Morgan fingerprint density at radius 1 is 1.38 bits per heavy atom. The third-order valence-electron chi connectivity index (χ3n) is 2.67. The summed E-state index contributed by atoms with van der Waals surface area (Å²) >= 11 is 0. The molecule has 86 valence electrons. The van der Waals surface area contributed by atoms with Gasteiger partial charge < -0.3 is 15.0 Å². The van der Waals surface area contributed by atoms with E-state index in [9.17, 15) is 0 Å². The van der Waals surface area contributed by atoms with Crippen molar-refractivity contribution in [3.05, 3.63) is 24.0 Å². The van der Waals surface area contributed by atoms with Crippen molar-refractivity contribution in [2.45, 2.75) is 19.4 Å². The number of aromatic nitrogens is 2. The van der Waals surface area contributed by atoms with Crippen LogP contribution in [0.25, 0.3) is 11.0 Å². The maximum Gasteiger partial charge on any atom is 0.146 e. The number of ether oxygens (including phenoxy) is 1. The Morgan fingerprint density at radius 3 is 2.62 bits per heavy atom. The van der Waals surface area contributed by atoms with E-state index in [-0.39, 0.29) is 0 Å². The van der Waals surface area contributed by atoms with Gasteiger partial charge in [-0.05, 0) is 26.0 Å². The lowest BCUT2D eigenvalue weighted by Gasteiger charge is -2.17. The van der Waals surface area contributed by atoms with E-state index in [4.69, 9.17) is 10.5 Å². The third kappa shape index (κ3) is 1.55. The maximum atomic E-state index is 6.09. The minimum atomic E-state index is -0.460. The summed E-state index contributed by atoms with van der Waals surface area (Å²) in [6.07, 6.45) is 0. The molecule has 2 aromatic rings. The first-order chi connectivity index (χ1) is 7.45. The van der Waals surface area contributed by atoms with Gasteiger partial charge in [0.25, 0.3) is 0 Å². The van der Waals surface area contributed by atoms with Gasteiger partial charge in [0.15, 0.2) is 0 Å². The van der Waals surface area contributed by atoms with Crippen LogP contribution in [0.1, 0.15) is 19.7 Å². The number of aryl methyl sites for hydroxylation is 1. The first-order valence-electron chi connectivity index (χ1n) is 5.24. The van der Waals surface area contributed by atoms with Crippen molar-refractivity contribution in [3.63, 3.8) is 0 Å². The van der Waals surface area contributed by atoms with Gasteiger partial charge in [-0.1, -0.05) is 6.07 Å². The number of imidazole rings is 1. The van der Waals surface area contributed by atoms with Gasteiger partial charge in [-0.25, -0.2) is 4.98 Å². The van der Waals surface area contributed by atoms with E-state index in [1.807, 2.05) is 43.7 Å². The molecule has 1 heterocycles. The lowest BCUT2D eigenvalue weighted by molar-refractivity contribution is 0.418. The van der Waals surface area contributed by atoms with Crippen LogP contribution < -0.4 is 10.5 Å². The number of rotatable bonds is 2. The number of nitrogens with two attached hydrogens (primary N) is 1. The molecule has 1 aromatic heterocycles. The summed E-state index contributed by atoms with van der Waals surface area (Å²) in [5.41, 5.74) is 7.53. The fraction of sp³-hybridized carbons (Fsp3) is 0.417. The molecule has 0 saturated heterocycles. The van der Waals surface area contributed by atoms with Crippen LogP contribution >= 0.6 is 0 Å². The summed E-state index contributed by atoms with van der Waals surface area (Å²) in [5, 5.41) is 0. The van der Waals surface area contributed by atoms with Gasteiger partial charge in [0.2, 0.25) is 0 Å². The Hall–Kier alpha value is -1.55. The molecule has 0 saturated carbocycles. The first-order valence-corrected chi connectivity index (χ1v) is 5.24. The molecular formula is C12H17N3O. The number of benzene rings is 1. The van der Waals surface area contributed by atoms with E-state index in [2.05, 4.69) is 4.98 Å². The van der Waals surface area contributed by atoms with Gasteiger partial charge in [-0.2, -0.15) is 0 Å². The van der Waals surface area contributed by atoms with E-state index in [0.29, 0.717) is 0 Å². The number of fused-ring (bicyclic) bond motifs is 1. The van der Waals surface area contributed by atoms with E-state index < -0.39 is 5.54 Å². The standard InChI is InChI=1S/C12H17N3O/c1-12(2,13)11-14-10-8(15(11)3)6-5-7-9(10)16-4/h5-7H,13H2,1-4H3. The highest BCUT2D eigenvalue weighted by Crippen LogP contribution is 2.28. The summed E-state index contributed by atoms with van der Waals surface area (Å²) in [5.74, 6) is 1.63. The molecule has 0 amide bonds. The minimum absolute atomic E-state index is 0.460. The van der Waals surface area contributed by atoms with Crippen molar-refractivity contribution in [2.24, 2.45) is 12.8 Å². The summed E-state index contributed by atoms with van der Waals surface area (Å²) in [6.45, 7) is 3.89. The Kier molecular flexibility index (Phi) is 2.39. The first kappa shape index (κ1) is 11.0. The smallest absolute Gasteiger partial charge is 0.146 e. The molecule has 0 aliphatic heterocycles. The van der Waals surface area contributed by atoms with Gasteiger partial charge in [-0.3, -0.25) is 0 Å². The summed E-state index contributed by atoms with van der Waals surface area (Å²) in [4.78, 5) is 4.57. The van der Waals surface area contributed by atoms with Crippen LogP contribution in [0.5, 0.6) is 5.75 Å². The average Bonchev–Trinajstić information content (AvgIpc) is 2.56. The van der Waals surface area contributed by atoms with Gasteiger partial charge in [0, 0.05) is 7.05 Å². The zero-order chi connectivity index (χ0) is 11.9. The van der Waals surface area contributed by atoms with E-state index in [0.717, 1.165) is 22.6 Å². The Labute approximate surface area is 95.0 Å². The highest BCUT2D eigenvalue weighted by Gasteiger charge is 2.22. The van der Waals surface area contributed by atoms with Crippen LogP contribution in [0.3, 0.4) is 0 Å². The highest BCUT2D eigenvalue weighted by atomic mass is 16.5. The van der Waals surface area contributed by atoms with Crippen molar-refractivity contribution in [3.8, 4) is 5.75 Å². The van der Waals surface area contributed by atoms with Crippen LogP contribution in [-0.2, 0) is 12.6 Å². The highest BCUT2D eigenvalue weighted by molar-refractivity contribution is 5.82. The summed E-state index contributed by atoms with van der Waals surface area (Å²) < 4.78 is 7.30. The lowest BCUT2D eigenvalue weighted by atomic mass is 10.1. The molecule has 4 nitrogen and oxygen atoms in total. The second kappa shape index (κ2) is 3.49. The number of hydrogen-bond acceptors (Lipinski definition) is 3. The topological polar surface area (TPSA) is 53.1 Å². The number of methoxy groups -OCH3 is 1. The van der Waals surface area contributed by atoms with Gasteiger partial charge >= 0.3 is 0 Å². The van der Waals surface area contributed by atoms with E-state index in [1.165, 1.54) is 0 Å².